The van der Waals surface area contributed by atoms with Gasteiger partial charge in [-0.3, -0.25) is 24.0 Å². The number of carboxylic acids is 2. The number of primary amides is 1. The van der Waals surface area contributed by atoms with Crippen molar-refractivity contribution in [1.29, 1.82) is 0 Å². The van der Waals surface area contributed by atoms with Gasteiger partial charge in [-0.1, -0.05) is 0 Å². The highest BCUT2D eigenvalue weighted by Crippen LogP contribution is 2.25. The average Bonchev–Trinajstić information content (AvgIpc) is 3.34. The van der Waals surface area contributed by atoms with E-state index in [1.165, 1.54) is 9.80 Å². The molecule has 4 atom stereocenters. The van der Waals surface area contributed by atoms with Gasteiger partial charge in [0.2, 0.25) is 23.6 Å². The topological polar surface area (TPSA) is 213 Å². The molecule has 13 heteroatoms. The van der Waals surface area contributed by atoms with Crippen molar-refractivity contribution in [2.24, 2.45) is 11.5 Å². The minimum atomic E-state index is -1.45. The molecule has 0 spiro atoms. The fourth-order valence-corrected chi connectivity index (χ4v) is 3.93. The van der Waals surface area contributed by atoms with Crippen molar-refractivity contribution in [2.45, 2.75) is 62.7 Å². The van der Waals surface area contributed by atoms with Crippen molar-refractivity contribution in [2.75, 3.05) is 13.1 Å². The van der Waals surface area contributed by atoms with Crippen LogP contribution in [0.1, 0.15) is 38.5 Å². The SMILES string of the molecule is NC(=O)CC(NC(=O)C(N)CC(=O)O)C(=O)N1CCCC1C(=O)N1CCCC1C(=O)O. The molecule has 0 bridgehead atoms. The highest BCUT2D eigenvalue weighted by molar-refractivity contribution is 5.97. The van der Waals surface area contributed by atoms with Crippen molar-refractivity contribution in [3.63, 3.8) is 0 Å². The third-order valence-electron chi connectivity index (χ3n) is 5.39. The van der Waals surface area contributed by atoms with E-state index in [9.17, 15) is 33.9 Å². The molecule has 2 aliphatic heterocycles. The van der Waals surface area contributed by atoms with E-state index in [0.717, 1.165) is 0 Å². The van der Waals surface area contributed by atoms with E-state index < -0.39 is 72.6 Å². The minimum absolute atomic E-state index is 0.174. The van der Waals surface area contributed by atoms with Crippen LogP contribution in [0.15, 0.2) is 0 Å². The maximum Gasteiger partial charge on any atom is 0.326 e. The molecular weight excluding hydrogens is 414 g/mol. The second-order valence-corrected chi connectivity index (χ2v) is 7.65. The molecule has 2 fully saturated rings. The summed E-state index contributed by atoms with van der Waals surface area (Å²) in [5.41, 5.74) is 10.7. The molecule has 172 valence electrons. The molecular formula is C18H27N5O8. The largest absolute Gasteiger partial charge is 0.481 e. The number of hydrogen-bond donors (Lipinski definition) is 5. The lowest BCUT2D eigenvalue weighted by Crippen LogP contribution is -2.57. The number of rotatable bonds is 9. The van der Waals surface area contributed by atoms with Gasteiger partial charge < -0.3 is 36.8 Å². The van der Waals surface area contributed by atoms with E-state index in [0.29, 0.717) is 25.7 Å². The number of amides is 4. The van der Waals surface area contributed by atoms with Crippen LogP contribution in [-0.2, 0) is 28.8 Å². The molecule has 13 nitrogen and oxygen atoms in total. The summed E-state index contributed by atoms with van der Waals surface area (Å²) in [5.74, 6) is -5.51. The number of hydrogen-bond acceptors (Lipinski definition) is 7. The fourth-order valence-electron chi connectivity index (χ4n) is 3.93. The molecule has 0 radical (unpaired) electrons. The van der Waals surface area contributed by atoms with Crippen LogP contribution in [-0.4, -0.2) is 92.8 Å². The Morgan fingerprint density at radius 1 is 0.935 bits per heavy atom. The van der Waals surface area contributed by atoms with Crippen LogP contribution in [0.2, 0.25) is 0 Å². The molecule has 4 unspecified atom stereocenters. The van der Waals surface area contributed by atoms with Gasteiger partial charge in [-0.15, -0.1) is 0 Å². The third-order valence-corrected chi connectivity index (χ3v) is 5.39. The summed E-state index contributed by atoms with van der Waals surface area (Å²) in [6, 6.07) is -4.75. The van der Waals surface area contributed by atoms with E-state index in [4.69, 9.17) is 16.6 Å². The summed E-state index contributed by atoms with van der Waals surface area (Å²) in [6.45, 7) is 0.437. The molecule has 2 heterocycles. The first-order valence-electron chi connectivity index (χ1n) is 9.92. The Kier molecular flexibility index (Phi) is 7.91. The molecule has 2 saturated heterocycles. The number of nitrogens with one attached hydrogen (secondary N) is 1. The van der Waals surface area contributed by atoms with Gasteiger partial charge >= 0.3 is 11.9 Å². The van der Waals surface area contributed by atoms with E-state index in [1.807, 2.05) is 0 Å². The minimum Gasteiger partial charge on any atom is -0.481 e. The number of nitrogens with two attached hydrogens (primary N) is 2. The van der Waals surface area contributed by atoms with Crippen LogP contribution in [0.3, 0.4) is 0 Å². The van der Waals surface area contributed by atoms with Crippen molar-refractivity contribution >= 4 is 35.6 Å². The van der Waals surface area contributed by atoms with Gasteiger partial charge in [0.1, 0.15) is 18.1 Å². The first-order chi connectivity index (χ1) is 14.5. The zero-order valence-corrected chi connectivity index (χ0v) is 16.9. The Bertz CT molecular complexity index is 772. The molecule has 2 aliphatic rings. The Balaban J connectivity index is 2.16. The summed E-state index contributed by atoms with van der Waals surface area (Å²) in [7, 11) is 0. The van der Waals surface area contributed by atoms with Gasteiger partial charge in [-0.25, -0.2) is 4.79 Å². The fraction of sp³-hybridized carbons (Fsp3) is 0.667. The lowest BCUT2D eigenvalue weighted by atomic mass is 10.1. The summed E-state index contributed by atoms with van der Waals surface area (Å²) < 4.78 is 0. The summed E-state index contributed by atoms with van der Waals surface area (Å²) in [4.78, 5) is 74.2. The quantitative estimate of drug-likeness (QED) is 0.250. The molecule has 7 N–H and O–H groups in total. The van der Waals surface area contributed by atoms with Gasteiger partial charge in [0.05, 0.1) is 18.9 Å². The molecule has 0 aromatic heterocycles. The molecule has 0 aliphatic carbocycles. The normalized spacial score (nSPS) is 22.6. The van der Waals surface area contributed by atoms with Crippen LogP contribution in [0, 0.1) is 0 Å². The van der Waals surface area contributed by atoms with E-state index in [2.05, 4.69) is 5.32 Å². The molecule has 31 heavy (non-hydrogen) atoms. The summed E-state index contributed by atoms with van der Waals surface area (Å²) >= 11 is 0. The zero-order chi connectivity index (χ0) is 23.3. The predicted octanol–water partition coefficient (Wildman–Crippen LogP) is -2.78. The second-order valence-electron chi connectivity index (χ2n) is 7.65. The highest BCUT2D eigenvalue weighted by Gasteiger charge is 2.43. The Morgan fingerprint density at radius 3 is 2.06 bits per heavy atom. The number of aliphatic carboxylic acids is 2. The van der Waals surface area contributed by atoms with Crippen molar-refractivity contribution in [3.8, 4) is 0 Å². The van der Waals surface area contributed by atoms with E-state index in [-0.39, 0.29) is 13.1 Å². The van der Waals surface area contributed by atoms with E-state index >= 15 is 0 Å². The first-order valence-corrected chi connectivity index (χ1v) is 9.92. The Hall–Kier alpha value is -3.22. The van der Waals surface area contributed by atoms with E-state index in [1.54, 1.807) is 0 Å². The number of nitrogens with zero attached hydrogens (tertiary/aromatic N) is 2. The smallest absolute Gasteiger partial charge is 0.326 e. The van der Waals surface area contributed by atoms with Crippen LogP contribution < -0.4 is 16.8 Å². The zero-order valence-electron chi connectivity index (χ0n) is 16.9. The van der Waals surface area contributed by atoms with Gasteiger partial charge in [-0.2, -0.15) is 0 Å². The Morgan fingerprint density at radius 2 is 1.52 bits per heavy atom. The summed E-state index contributed by atoms with van der Waals surface area (Å²) in [5, 5.41) is 20.3. The monoisotopic (exact) mass is 441 g/mol. The lowest BCUT2D eigenvalue weighted by Gasteiger charge is -2.32. The van der Waals surface area contributed by atoms with Gasteiger partial charge in [0.25, 0.3) is 0 Å². The lowest BCUT2D eigenvalue weighted by molar-refractivity contribution is -0.152. The van der Waals surface area contributed by atoms with Gasteiger partial charge in [0, 0.05) is 13.1 Å². The third kappa shape index (κ3) is 5.90. The first kappa shape index (κ1) is 24.1. The standard InChI is InChI=1S/C18H27N5O8/c19-9(7-14(25)26)15(27)21-10(8-13(20)24)16(28)22-5-1-3-11(22)17(29)23-6-2-4-12(23)18(30)31/h9-12H,1-8,19H2,(H2,20,24)(H,21,27)(H,25,26)(H,30,31). The van der Waals surface area contributed by atoms with Crippen LogP contribution in [0.25, 0.3) is 0 Å². The molecule has 2 rings (SSSR count). The second kappa shape index (κ2) is 10.2. The van der Waals surface area contributed by atoms with Crippen LogP contribution in [0.5, 0.6) is 0 Å². The molecule has 4 amide bonds. The van der Waals surface area contributed by atoms with Crippen molar-refractivity contribution in [1.82, 2.24) is 15.1 Å². The van der Waals surface area contributed by atoms with Crippen LogP contribution >= 0.6 is 0 Å². The number of likely N-dealkylation sites (tertiary alicyclic amines) is 2. The maximum atomic E-state index is 13.1. The Labute approximate surface area is 177 Å². The van der Waals surface area contributed by atoms with Crippen LogP contribution in [0.4, 0.5) is 0 Å². The van der Waals surface area contributed by atoms with Crippen molar-refractivity contribution < 1.29 is 39.0 Å². The van der Waals surface area contributed by atoms with Gasteiger partial charge in [-0.05, 0) is 25.7 Å². The predicted molar refractivity (Wildman–Crippen MR) is 103 cm³/mol. The molecule has 0 saturated carbocycles. The van der Waals surface area contributed by atoms with Crippen molar-refractivity contribution in [3.05, 3.63) is 0 Å². The summed E-state index contributed by atoms with van der Waals surface area (Å²) in [6.07, 6.45) is 0.393. The molecule has 0 aromatic rings. The van der Waals surface area contributed by atoms with Gasteiger partial charge in [0.15, 0.2) is 0 Å². The number of carboxylic acid groups (broad SMARTS) is 2. The average molecular weight is 441 g/mol. The maximum absolute atomic E-state index is 13.1. The number of carbonyl (C=O) groups is 6. The molecule has 0 aromatic carbocycles. The number of carbonyl (C=O) groups excluding carboxylic acids is 4. The highest BCUT2D eigenvalue weighted by atomic mass is 16.4.